The van der Waals surface area contributed by atoms with Gasteiger partial charge in [0.15, 0.2) is 6.10 Å². The summed E-state index contributed by atoms with van der Waals surface area (Å²) < 4.78 is 12.0. The number of amides is 1. The molecule has 0 spiro atoms. The normalized spacial score (nSPS) is 12.0. The van der Waals surface area contributed by atoms with Crippen LogP contribution < -0.4 is 10.1 Å². The molecule has 0 aliphatic heterocycles. The largest absolute Gasteiger partial charge is 0.497 e. The van der Waals surface area contributed by atoms with E-state index in [-0.39, 0.29) is 5.91 Å². The van der Waals surface area contributed by atoms with Crippen LogP contribution in [-0.2, 0) is 20.9 Å². The van der Waals surface area contributed by atoms with Crippen molar-refractivity contribution in [1.82, 2.24) is 15.1 Å². The quantitative estimate of drug-likeness (QED) is 0.497. The number of nitrogens with zero attached hydrogens (tertiary/aromatic N) is 2. The van der Waals surface area contributed by atoms with Crippen LogP contribution in [0.3, 0.4) is 0 Å². The molecule has 156 valence electrons. The second-order valence-electron chi connectivity index (χ2n) is 6.50. The van der Waals surface area contributed by atoms with Crippen molar-refractivity contribution in [2.45, 2.75) is 39.8 Å². The van der Waals surface area contributed by atoms with Gasteiger partial charge in [-0.25, -0.2) is 9.48 Å². The van der Waals surface area contributed by atoms with Gasteiger partial charge < -0.3 is 14.8 Å². The van der Waals surface area contributed by atoms with Crippen molar-refractivity contribution in [3.05, 3.63) is 52.3 Å². The predicted octanol–water partition coefficient (Wildman–Crippen LogP) is 3.37. The molecule has 0 aliphatic carbocycles. The van der Waals surface area contributed by atoms with E-state index in [0.29, 0.717) is 29.5 Å². The molecule has 2 rings (SSSR count). The van der Waals surface area contributed by atoms with E-state index in [1.165, 1.54) is 13.0 Å². The van der Waals surface area contributed by atoms with Crippen molar-refractivity contribution in [3.8, 4) is 5.75 Å². The Morgan fingerprint density at radius 2 is 2.14 bits per heavy atom. The molecule has 0 saturated heterocycles. The van der Waals surface area contributed by atoms with Crippen molar-refractivity contribution >= 4 is 29.6 Å². The number of rotatable bonds is 9. The van der Waals surface area contributed by atoms with Gasteiger partial charge in [-0.3, -0.25) is 4.79 Å². The molecule has 0 unspecified atom stereocenters. The number of nitrogens with one attached hydrogen (secondary N) is 1. The van der Waals surface area contributed by atoms with Crippen molar-refractivity contribution < 1.29 is 19.1 Å². The Morgan fingerprint density at radius 3 is 2.83 bits per heavy atom. The molecule has 2 aromatic rings. The maximum atomic E-state index is 12.0. The lowest BCUT2D eigenvalue weighted by molar-refractivity contribution is -0.150. The van der Waals surface area contributed by atoms with E-state index in [1.54, 1.807) is 24.8 Å². The first-order valence-corrected chi connectivity index (χ1v) is 9.75. The van der Waals surface area contributed by atoms with Gasteiger partial charge in [0.25, 0.3) is 5.91 Å². The number of aryl methyl sites for hydroxylation is 1. The van der Waals surface area contributed by atoms with Gasteiger partial charge in [-0.1, -0.05) is 30.7 Å². The number of carbonyl (C=O) groups excluding carboxylic acids is 2. The lowest BCUT2D eigenvalue weighted by Crippen LogP contribution is -2.35. The van der Waals surface area contributed by atoms with E-state index in [4.69, 9.17) is 21.1 Å². The van der Waals surface area contributed by atoms with E-state index in [9.17, 15) is 9.59 Å². The smallest absolute Gasteiger partial charge is 0.331 e. The van der Waals surface area contributed by atoms with E-state index in [2.05, 4.69) is 10.4 Å². The lowest BCUT2D eigenvalue weighted by Gasteiger charge is -2.11. The number of aromatic nitrogens is 2. The second-order valence-corrected chi connectivity index (χ2v) is 6.86. The van der Waals surface area contributed by atoms with Crippen LogP contribution in [0, 0.1) is 6.92 Å². The third-order valence-corrected chi connectivity index (χ3v) is 4.57. The minimum atomic E-state index is -0.869. The third-order valence-electron chi connectivity index (χ3n) is 4.17. The highest BCUT2D eigenvalue weighted by molar-refractivity contribution is 6.31. The minimum absolute atomic E-state index is 0.325. The summed E-state index contributed by atoms with van der Waals surface area (Å²) in [5.74, 6) is -0.198. The summed E-state index contributed by atoms with van der Waals surface area (Å²) in [7, 11) is 1.61. The molecule has 29 heavy (non-hydrogen) atoms. The van der Waals surface area contributed by atoms with Gasteiger partial charge in [0, 0.05) is 18.2 Å². The summed E-state index contributed by atoms with van der Waals surface area (Å²) in [5, 5.41) is 7.52. The van der Waals surface area contributed by atoms with Crippen LogP contribution in [0.15, 0.2) is 30.3 Å². The summed E-state index contributed by atoms with van der Waals surface area (Å²) in [6.07, 6.45) is 2.73. The third kappa shape index (κ3) is 6.35. The Hall–Kier alpha value is -2.80. The van der Waals surface area contributed by atoms with E-state index >= 15 is 0 Å². The zero-order chi connectivity index (χ0) is 21.4. The molecule has 1 N–H and O–H groups in total. The number of halogens is 1. The number of hydrogen-bond donors (Lipinski definition) is 1. The van der Waals surface area contributed by atoms with Crippen molar-refractivity contribution in [2.24, 2.45) is 0 Å². The van der Waals surface area contributed by atoms with Gasteiger partial charge in [0.1, 0.15) is 10.9 Å². The molecule has 1 aromatic heterocycles. The molecule has 7 nitrogen and oxygen atoms in total. The van der Waals surface area contributed by atoms with Crippen LogP contribution in [0.5, 0.6) is 5.75 Å². The second kappa shape index (κ2) is 10.7. The molecule has 8 heteroatoms. The molecule has 0 bridgehead atoms. The van der Waals surface area contributed by atoms with E-state index in [1.807, 2.05) is 31.2 Å². The van der Waals surface area contributed by atoms with Gasteiger partial charge >= 0.3 is 5.97 Å². The number of benzene rings is 1. The highest BCUT2D eigenvalue weighted by Gasteiger charge is 2.16. The molecule has 0 aliphatic rings. The van der Waals surface area contributed by atoms with Crippen LogP contribution in [0.2, 0.25) is 5.15 Å². The van der Waals surface area contributed by atoms with Crippen LogP contribution in [0.1, 0.15) is 37.1 Å². The SMILES string of the molecule is CCCNC(=O)[C@H](C)OC(=O)/C=C/c1c(C)nn(Cc2cccc(OC)c2)c1Cl. The number of carbonyl (C=O) groups is 2. The van der Waals surface area contributed by atoms with Crippen LogP contribution >= 0.6 is 11.6 Å². The Bertz CT molecular complexity index is 892. The summed E-state index contributed by atoms with van der Waals surface area (Å²) >= 11 is 6.45. The van der Waals surface area contributed by atoms with Crippen LogP contribution in [-0.4, -0.2) is 41.4 Å². The van der Waals surface area contributed by atoms with Crippen LogP contribution in [0.4, 0.5) is 0 Å². The molecule has 0 radical (unpaired) electrons. The molecule has 0 saturated carbocycles. The average molecular weight is 420 g/mol. The van der Waals surface area contributed by atoms with Gasteiger partial charge in [-0.05, 0) is 44.0 Å². The summed E-state index contributed by atoms with van der Waals surface area (Å²) in [4.78, 5) is 23.8. The van der Waals surface area contributed by atoms with Gasteiger partial charge in [-0.15, -0.1) is 0 Å². The molecule has 1 atom stereocenters. The first-order chi connectivity index (χ1) is 13.8. The van der Waals surface area contributed by atoms with Crippen molar-refractivity contribution in [1.29, 1.82) is 0 Å². The maximum Gasteiger partial charge on any atom is 0.331 e. The van der Waals surface area contributed by atoms with Crippen molar-refractivity contribution in [3.63, 3.8) is 0 Å². The fourth-order valence-corrected chi connectivity index (χ4v) is 2.91. The number of ether oxygens (including phenoxy) is 2. The summed E-state index contributed by atoms with van der Waals surface area (Å²) in [6, 6.07) is 7.62. The topological polar surface area (TPSA) is 82.5 Å². The van der Waals surface area contributed by atoms with Gasteiger partial charge in [0.05, 0.1) is 19.3 Å². The first kappa shape index (κ1) is 22.5. The van der Waals surface area contributed by atoms with E-state index < -0.39 is 12.1 Å². The Balaban J connectivity index is 2.05. The first-order valence-electron chi connectivity index (χ1n) is 9.38. The number of methoxy groups -OCH3 is 1. The Morgan fingerprint density at radius 1 is 1.38 bits per heavy atom. The predicted molar refractivity (Wildman–Crippen MR) is 112 cm³/mol. The zero-order valence-corrected chi connectivity index (χ0v) is 17.8. The average Bonchev–Trinajstić information content (AvgIpc) is 2.97. The molecule has 1 aromatic carbocycles. The summed E-state index contributed by atoms with van der Waals surface area (Å²) in [6.45, 7) is 6.28. The standard InChI is InChI=1S/C21H26ClN3O4/c1-5-11-23-21(27)15(3)29-19(26)10-9-18-14(2)24-25(20(18)22)13-16-7-6-8-17(12-16)28-4/h6-10,12,15H,5,11,13H2,1-4H3,(H,23,27)/b10-9+/t15-/m0/s1. The van der Waals surface area contributed by atoms with Gasteiger partial charge in [-0.2, -0.15) is 5.10 Å². The molecule has 1 heterocycles. The lowest BCUT2D eigenvalue weighted by atomic mass is 10.2. The van der Waals surface area contributed by atoms with Crippen LogP contribution in [0.25, 0.3) is 6.08 Å². The molecular weight excluding hydrogens is 394 g/mol. The van der Waals surface area contributed by atoms with Gasteiger partial charge in [0.2, 0.25) is 0 Å². The number of hydrogen-bond acceptors (Lipinski definition) is 5. The fourth-order valence-electron chi connectivity index (χ4n) is 2.62. The summed E-state index contributed by atoms with van der Waals surface area (Å²) in [5.41, 5.74) is 2.28. The Labute approximate surface area is 175 Å². The Kier molecular flexibility index (Phi) is 8.27. The minimum Gasteiger partial charge on any atom is -0.497 e. The monoisotopic (exact) mass is 419 g/mol. The number of esters is 1. The molecular formula is C21H26ClN3O4. The molecule has 1 amide bonds. The van der Waals surface area contributed by atoms with Crippen molar-refractivity contribution in [2.75, 3.05) is 13.7 Å². The molecule has 0 fully saturated rings. The highest BCUT2D eigenvalue weighted by Crippen LogP contribution is 2.23. The highest BCUT2D eigenvalue weighted by atomic mass is 35.5. The fraction of sp³-hybridized carbons (Fsp3) is 0.381. The zero-order valence-electron chi connectivity index (χ0n) is 17.1. The van der Waals surface area contributed by atoms with E-state index in [0.717, 1.165) is 17.7 Å². The maximum absolute atomic E-state index is 12.0.